The maximum atomic E-state index is 11.8. The molecule has 2 rings (SSSR count). The molecule has 0 aliphatic rings. The number of hydrogen-bond acceptors (Lipinski definition) is 4. The summed E-state index contributed by atoms with van der Waals surface area (Å²) in [5.74, 6) is 0.664. The van der Waals surface area contributed by atoms with Crippen LogP contribution in [0.5, 0.6) is 5.75 Å². The summed E-state index contributed by atoms with van der Waals surface area (Å²) < 4.78 is 5.12. The number of thiophene rings is 1. The molecule has 4 nitrogen and oxygen atoms in total. The Kier molecular flexibility index (Phi) is 6.43. The van der Waals surface area contributed by atoms with Crippen LogP contribution in [0.25, 0.3) is 0 Å². The molecule has 1 aromatic carbocycles. The minimum Gasteiger partial charge on any atom is -0.497 e. The zero-order valence-corrected chi connectivity index (χ0v) is 13.4. The number of methoxy groups -OCH3 is 1. The summed E-state index contributed by atoms with van der Waals surface area (Å²) in [4.78, 5) is 13.1. The van der Waals surface area contributed by atoms with E-state index in [-0.39, 0.29) is 12.5 Å². The number of aryl methyl sites for hydroxylation is 1. The number of aliphatic hydroxyl groups excluding tert-OH is 1. The smallest absolute Gasteiger partial charge is 0.220 e. The van der Waals surface area contributed by atoms with Crippen LogP contribution < -0.4 is 10.1 Å². The van der Waals surface area contributed by atoms with E-state index in [0.29, 0.717) is 12.2 Å². The van der Waals surface area contributed by atoms with Crippen LogP contribution in [0.15, 0.2) is 41.8 Å². The Bertz CT molecular complexity index is 583. The lowest BCUT2D eigenvalue weighted by Crippen LogP contribution is -2.28. The molecule has 0 fully saturated rings. The van der Waals surface area contributed by atoms with Gasteiger partial charge < -0.3 is 15.2 Å². The van der Waals surface area contributed by atoms with E-state index in [1.807, 2.05) is 29.6 Å². The van der Waals surface area contributed by atoms with Crippen molar-refractivity contribution in [1.29, 1.82) is 0 Å². The highest BCUT2D eigenvalue weighted by Gasteiger charge is 2.10. The molecule has 1 atom stereocenters. The number of carbonyl (C=O) groups is 1. The normalized spacial score (nSPS) is 11.9. The number of nitrogens with one attached hydrogen (secondary N) is 1. The van der Waals surface area contributed by atoms with E-state index in [9.17, 15) is 9.90 Å². The van der Waals surface area contributed by atoms with Crippen LogP contribution in [0.3, 0.4) is 0 Å². The highest BCUT2D eigenvalue weighted by Crippen LogP contribution is 2.18. The van der Waals surface area contributed by atoms with E-state index in [1.165, 1.54) is 4.88 Å². The van der Waals surface area contributed by atoms with Crippen molar-refractivity contribution in [2.75, 3.05) is 13.7 Å². The monoisotopic (exact) mass is 319 g/mol. The van der Waals surface area contributed by atoms with E-state index in [0.717, 1.165) is 18.4 Å². The maximum absolute atomic E-state index is 11.8. The van der Waals surface area contributed by atoms with Gasteiger partial charge in [0.05, 0.1) is 13.2 Å². The summed E-state index contributed by atoms with van der Waals surface area (Å²) >= 11 is 1.71. The van der Waals surface area contributed by atoms with Gasteiger partial charge in [-0.3, -0.25) is 4.79 Å². The molecular formula is C17H21NO3S. The first-order valence-corrected chi connectivity index (χ1v) is 8.18. The number of aliphatic hydroxyl groups is 1. The third-order valence-corrected chi connectivity index (χ3v) is 4.31. The fraction of sp³-hybridized carbons (Fsp3) is 0.353. The van der Waals surface area contributed by atoms with Crippen molar-refractivity contribution in [1.82, 2.24) is 5.32 Å². The van der Waals surface area contributed by atoms with Crippen LogP contribution in [0.4, 0.5) is 0 Å². The second-order valence-electron chi connectivity index (χ2n) is 5.03. The molecule has 0 saturated heterocycles. The molecule has 0 saturated carbocycles. The molecule has 118 valence electrons. The predicted octanol–water partition coefficient (Wildman–Crippen LogP) is 2.93. The first-order chi connectivity index (χ1) is 10.7. The molecular weight excluding hydrogens is 298 g/mol. The van der Waals surface area contributed by atoms with Gasteiger partial charge in [0.1, 0.15) is 5.75 Å². The van der Waals surface area contributed by atoms with Gasteiger partial charge in [-0.15, -0.1) is 11.3 Å². The van der Waals surface area contributed by atoms with E-state index < -0.39 is 6.10 Å². The van der Waals surface area contributed by atoms with Crippen molar-refractivity contribution in [2.45, 2.75) is 25.4 Å². The minimum absolute atomic E-state index is 0.0292. The van der Waals surface area contributed by atoms with Crippen LogP contribution in [0.1, 0.15) is 29.4 Å². The molecule has 2 aromatic rings. The molecule has 0 spiro atoms. The lowest BCUT2D eigenvalue weighted by Gasteiger charge is -2.13. The highest BCUT2D eigenvalue weighted by atomic mass is 32.1. The van der Waals surface area contributed by atoms with Crippen molar-refractivity contribution in [3.8, 4) is 5.75 Å². The molecule has 2 N–H and O–H groups in total. The Morgan fingerprint density at radius 3 is 2.95 bits per heavy atom. The molecule has 1 unspecified atom stereocenters. The van der Waals surface area contributed by atoms with Gasteiger partial charge >= 0.3 is 0 Å². The number of benzene rings is 1. The summed E-state index contributed by atoms with van der Waals surface area (Å²) in [6.07, 6.45) is 1.49. The Labute approximate surface area is 134 Å². The van der Waals surface area contributed by atoms with Gasteiger partial charge in [0, 0.05) is 17.8 Å². The van der Waals surface area contributed by atoms with Crippen LogP contribution >= 0.6 is 11.3 Å². The van der Waals surface area contributed by atoms with E-state index >= 15 is 0 Å². The fourth-order valence-electron chi connectivity index (χ4n) is 2.14. The number of amides is 1. The van der Waals surface area contributed by atoms with Crippen molar-refractivity contribution in [3.63, 3.8) is 0 Å². The topological polar surface area (TPSA) is 58.6 Å². The van der Waals surface area contributed by atoms with Gasteiger partial charge in [0.15, 0.2) is 0 Å². The average molecular weight is 319 g/mol. The van der Waals surface area contributed by atoms with Crippen molar-refractivity contribution >= 4 is 17.2 Å². The summed E-state index contributed by atoms with van der Waals surface area (Å²) in [6, 6.07) is 11.3. The van der Waals surface area contributed by atoms with E-state index in [4.69, 9.17) is 4.74 Å². The van der Waals surface area contributed by atoms with Crippen molar-refractivity contribution in [3.05, 3.63) is 52.2 Å². The van der Waals surface area contributed by atoms with Crippen molar-refractivity contribution < 1.29 is 14.6 Å². The largest absolute Gasteiger partial charge is 0.497 e. The number of ether oxygens (including phenoxy) is 1. The summed E-state index contributed by atoms with van der Waals surface area (Å²) in [5.41, 5.74) is 0.734. The lowest BCUT2D eigenvalue weighted by atomic mass is 10.1. The second-order valence-corrected chi connectivity index (χ2v) is 6.06. The van der Waals surface area contributed by atoms with Crippen LogP contribution in [-0.2, 0) is 11.2 Å². The minimum atomic E-state index is -0.726. The third kappa shape index (κ3) is 5.16. The Balaban J connectivity index is 1.70. The Hall–Kier alpha value is -1.85. The van der Waals surface area contributed by atoms with Gasteiger partial charge in [-0.1, -0.05) is 18.2 Å². The molecule has 1 heterocycles. The fourth-order valence-corrected chi connectivity index (χ4v) is 2.89. The standard InChI is InChI=1S/C17H21NO3S/c1-21-14-6-2-5-13(11-14)16(19)12-18-17(20)9-3-7-15-8-4-10-22-15/h2,4-6,8,10-11,16,19H,3,7,9,12H2,1H3,(H,18,20). The number of hydrogen-bond donors (Lipinski definition) is 2. The maximum Gasteiger partial charge on any atom is 0.220 e. The number of rotatable bonds is 8. The number of carbonyl (C=O) groups excluding carboxylic acids is 1. The van der Waals surface area contributed by atoms with Crippen LogP contribution in [0.2, 0.25) is 0 Å². The predicted molar refractivity (Wildman–Crippen MR) is 88.2 cm³/mol. The summed E-state index contributed by atoms with van der Waals surface area (Å²) in [6.45, 7) is 0.213. The highest BCUT2D eigenvalue weighted by molar-refractivity contribution is 7.09. The molecule has 5 heteroatoms. The molecule has 0 aliphatic heterocycles. The molecule has 0 aliphatic carbocycles. The summed E-state index contributed by atoms with van der Waals surface area (Å²) in [5, 5.41) is 14.9. The average Bonchev–Trinajstić information content (AvgIpc) is 3.06. The molecule has 22 heavy (non-hydrogen) atoms. The summed E-state index contributed by atoms with van der Waals surface area (Å²) in [7, 11) is 1.58. The van der Waals surface area contributed by atoms with Gasteiger partial charge in [-0.25, -0.2) is 0 Å². The Morgan fingerprint density at radius 2 is 2.23 bits per heavy atom. The van der Waals surface area contributed by atoms with Crippen LogP contribution in [0, 0.1) is 0 Å². The first-order valence-electron chi connectivity index (χ1n) is 7.30. The molecule has 0 radical (unpaired) electrons. The zero-order chi connectivity index (χ0) is 15.8. The van der Waals surface area contributed by atoms with Gasteiger partial charge in [-0.2, -0.15) is 0 Å². The SMILES string of the molecule is COc1cccc(C(O)CNC(=O)CCCc2cccs2)c1. The van der Waals surface area contributed by atoms with Gasteiger partial charge in [0.25, 0.3) is 0 Å². The van der Waals surface area contributed by atoms with Crippen molar-refractivity contribution in [2.24, 2.45) is 0 Å². The zero-order valence-electron chi connectivity index (χ0n) is 12.6. The van der Waals surface area contributed by atoms with Gasteiger partial charge in [0.2, 0.25) is 5.91 Å². The van der Waals surface area contributed by atoms with E-state index in [1.54, 1.807) is 24.5 Å². The second kappa shape index (κ2) is 8.56. The molecule has 1 aromatic heterocycles. The van der Waals surface area contributed by atoms with Crippen LogP contribution in [-0.4, -0.2) is 24.7 Å². The third-order valence-electron chi connectivity index (χ3n) is 3.38. The molecule has 1 amide bonds. The van der Waals surface area contributed by atoms with Gasteiger partial charge in [-0.05, 0) is 42.0 Å². The lowest BCUT2D eigenvalue weighted by molar-refractivity contribution is -0.121. The quantitative estimate of drug-likeness (QED) is 0.786. The first kappa shape index (κ1) is 16.5. The Morgan fingerprint density at radius 1 is 1.36 bits per heavy atom. The molecule has 0 bridgehead atoms. The van der Waals surface area contributed by atoms with E-state index in [2.05, 4.69) is 11.4 Å².